The van der Waals surface area contributed by atoms with Crippen LogP contribution in [0.5, 0.6) is 0 Å². The predicted molar refractivity (Wildman–Crippen MR) is 103 cm³/mol. The molecule has 1 aliphatic heterocycles. The Morgan fingerprint density at radius 1 is 1.37 bits per heavy atom. The van der Waals surface area contributed by atoms with Crippen LogP contribution in [-0.2, 0) is 10.2 Å². The topological polar surface area (TPSA) is 92.8 Å². The van der Waals surface area contributed by atoms with Gasteiger partial charge < -0.3 is 10.1 Å². The quantitative estimate of drug-likeness (QED) is 0.683. The van der Waals surface area contributed by atoms with Crippen molar-refractivity contribution in [2.75, 3.05) is 19.8 Å². The Morgan fingerprint density at radius 2 is 2.22 bits per heavy atom. The van der Waals surface area contributed by atoms with E-state index in [2.05, 4.69) is 31.5 Å². The molecule has 0 saturated carbocycles. The maximum atomic E-state index is 12.6. The molecular formula is C18H18ClN5O2S. The van der Waals surface area contributed by atoms with Crippen molar-refractivity contribution in [1.29, 1.82) is 0 Å². The van der Waals surface area contributed by atoms with Gasteiger partial charge in [0.05, 0.1) is 0 Å². The van der Waals surface area contributed by atoms with Crippen LogP contribution in [-0.4, -0.2) is 45.8 Å². The molecule has 3 aromatic rings. The lowest BCUT2D eigenvalue weighted by Crippen LogP contribution is -2.44. The van der Waals surface area contributed by atoms with E-state index in [0.717, 1.165) is 18.4 Å². The second-order valence-electron chi connectivity index (χ2n) is 6.46. The van der Waals surface area contributed by atoms with Crippen molar-refractivity contribution in [2.45, 2.75) is 18.3 Å². The van der Waals surface area contributed by atoms with E-state index < -0.39 is 0 Å². The highest BCUT2D eigenvalue weighted by molar-refractivity contribution is 7.13. The second kappa shape index (κ2) is 7.75. The van der Waals surface area contributed by atoms with Crippen LogP contribution in [0.4, 0.5) is 0 Å². The number of hydrogen-bond acceptors (Lipinski definition) is 6. The number of hydrogen-bond donors (Lipinski definition) is 2. The summed E-state index contributed by atoms with van der Waals surface area (Å²) >= 11 is 7.55. The molecule has 0 aliphatic carbocycles. The molecule has 0 radical (unpaired) electrons. The minimum absolute atomic E-state index is 0.192. The van der Waals surface area contributed by atoms with Crippen LogP contribution >= 0.6 is 22.9 Å². The number of thiazole rings is 1. The monoisotopic (exact) mass is 403 g/mol. The van der Waals surface area contributed by atoms with Crippen LogP contribution in [0.25, 0.3) is 10.8 Å². The van der Waals surface area contributed by atoms with Crippen molar-refractivity contribution in [3.63, 3.8) is 0 Å². The predicted octanol–water partition coefficient (Wildman–Crippen LogP) is 3.06. The zero-order valence-corrected chi connectivity index (χ0v) is 16.0. The Kier molecular flexibility index (Phi) is 5.20. The molecule has 1 aliphatic rings. The maximum absolute atomic E-state index is 12.6. The van der Waals surface area contributed by atoms with Crippen molar-refractivity contribution in [3.05, 3.63) is 52.3 Å². The standard InChI is InChI=1S/C18H18ClN5O2S/c19-13-3-1-2-12(8-13)18(4-6-26-7-5-18)10-20-16(25)14-9-27-17(23-14)15-21-11-22-24-15/h1-3,8-9,11H,4-7,10H2,(H,20,25)(H,21,22,24). The van der Waals surface area contributed by atoms with Gasteiger partial charge >= 0.3 is 0 Å². The summed E-state index contributed by atoms with van der Waals surface area (Å²) in [5.74, 6) is 0.351. The lowest BCUT2D eigenvalue weighted by Gasteiger charge is -2.38. The minimum atomic E-state index is -0.204. The fourth-order valence-corrected chi connectivity index (χ4v) is 4.22. The Morgan fingerprint density at radius 3 is 2.96 bits per heavy atom. The number of carbonyl (C=O) groups excluding carboxylic acids is 1. The normalized spacial score (nSPS) is 16.2. The zero-order chi connectivity index (χ0) is 18.7. The highest BCUT2D eigenvalue weighted by Crippen LogP contribution is 2.35. The van der Waals surface area contributed by atoms with E-state index in [-0.39, 0.29) is 11.3 Å². The summed E-state index contributed by atoms with van der Waals surface area (Å²) in [6.07, 6.45) is 3.07. The molecule has 1 saturated heterocycles. The molecule has 0 spiro atoms. The lowest BCUT2D eigenvalue weighted by atomic mass is 9.74. The Balaban J connectivity index is 1.50. The highest BCUT2D eigenvalue weighted by Gasteiger charge is 2.35. The van der Waals surface area contributed by atoms with E-state index in [1.165, 1.54) is 17.7 Å². The van der Waals surface area contributed by atoms with E-state index in [0.29, 0.717) is 41.3 Å². The van der Waals surface area contributed by atoms with E-state index in [9.17, 15) is 4.79 Å². The number of ether oxygens (including phenoxy) is 1. The van der Waals surface area contributed by atoms with Gasteiger partial charge in [-0.1, -0.05) is 23.7 Å². The summed E-state index contributed by atoms with van der Waals surface area (Å²) in [5, 5.41) is 12.7. The molecule has 4 rings (SSSR count). The van der Waals surface area contributed by atoms with Gasteiger partial charge in [0.1, 0.15) is 12.0 Å². The third-order valence-corrected chi connectivity index (χ3v) is 5.91. The van der Waals surface area contributed by atoms with Crippen molar-refractivity contribution < 1.29 is 9.53 Å². The number of aromatic amines is 1. The van der Waals surface area contributed by atoms with Gasteiger partial charge in [0.2, 0.25) is 0 Å². The summed E-state index contributed by atoms with van der Waals surface area (Å²) in [6, 6.07) is 7.84. The third kappa shape index (κ3) is 3.87. The average Bonchev–Trinajstić information content (AvgIpc) is 3.38. The molecule has 2 aromatic heterocycles. The van der Waals surface area contributed by atoms with E-state index >= 15 is 0 Å². The maximum Gasteiger partial charge on any atom is 0.270 e. The fourth-order valence-electron chi connectivity index (χ4n) is 3.28. The number of aromatic nitrogens is 4. The minimum Gasteiger partial charge on any atom is -0.381 e. The van der Waals surface area contributed by atoms with E-state index in [1.807, 2.05) is 18.2 Å². The molecule has 0 unspecified atom stereocenters. The van der Waals surface area contributed by atoms with Gasteiger partial charge in [-0.05, 0) is 30.5 Å². The smallest absolute Gasteiger partial charge is 0.270 e. The van der Waals surface area contributed by atoms with E-state index in [4.69, 9.17) is 16.3 Å². The zero-order valence-electron chi connectivity index (χ0n) is 14.4. The van der Waals surface area contributed by atoms with Crippen LogP contribution in [0.2, 0.25) is 5.02 Å². The number of amides is 1. The van der Waals surface area contributed by atoms with Crippen molar-refractivity contribution in [1.82, 2.24) is 25.5 Å². The number of nitrogens with one attached hydrogen (secondary N) is 2. The van der Waals surface area contributed by atoms with Gasteiger partial charge in [0.15, 0.2) is 10.8 Å². The number of benzene rings is 1. The SMILES string of the molecule is O=C(NCC1(c2cccc(Cl)c2)CCOCC1)c1csc(-c2ncn[nH]2)n1. The number of carbonyl (C=O) groups is 1. The fraction of sp³-hybridized carbons (Fsp3) is 0.333. The summed E-state index contributed by atoms with van der Waals surface area (Å²) in [5.41, 5.74) is 1.31. The molecule has 1 amide bonds. The van der Waals surface area contributed by atoms with Gasteiger partial charge in [-0.15, -0.1) is 11.3 Å². The van der Waals surface area contributed by atoms with Crippen LogP contribution in [0.1, 0.15) is 28.9 Å². The average molecular weight is 404 g/mol. The number of H-pyrrole nitrogens is 1. The number of rotatable bonds is 5. The molecule has 7 nitrogen and oxygen atoms in total. The third-order valence-electron chi connectivity index (χ3n) is 4.83. The molecule has 1 fully saturated rings. The number of nitrogens with zero attached hydrogens (tertiary/aromatic N) is 3. The lowest BCUT2D eigenvalue weighted by molar-refractivity contribution is 0.0487. The summed E-state index contributed by atoms with van der Waals surface area (Å²) in [6.45, 7) is 1.83. The molecule has 1 aromatic carbocycles. The molecular weight excluding hydrogens is 386 g/mol. The molecule has 3 heterocycles. The van der Waals surface area contributed by atoms with Crippen molar-refractivity contribution >= 4 is 28.8 Å². The Bertz CT molecular complexity index is 921. The van der Waals surface area contributed by atoms with Gasteiger partial charge in [0, 0.05) is 35.6 Å². The summed E-state index contributed by atoms with van der Waals surface area (Å²) in [7, 11) is 0. The van der Waals surface area contributed by atoms with Crippen LogP contribution in [0, 0.1) is 0 Å². The largest absolute Gasteiger partial charge is 0.381 e. The molecule has 140 valence electrons. The number of halogens is 1. The van der Waals surface area contributed by atoms with Gasteiger partial charge in [-0.2, -0.15) is 5.10 Å². The van der Waals surface area contributed by atoms with Gasteiger partial charge in [-0.3, -0.25) is 9.89 Å². The first-order chi connectivity index (χ1) is 13.2. The Labute approximate surface area is 165 Å². The first kappa shape index (κ1) is 18.1. The van der Waals surface area contributed by atoms with Crippen molar-refractivity contribution in [2.24, 2.45) is 0 Å². The molecule has 0 bridgehead atoms. The van der Waals surface area contributed by atoms with Gasteiger partial charge in [-0.25, -0.2) is 9.97 Å². The highest BCUT2D eigenvalue weighted by atomic mass is 35.5. The molecule has 2 N–H and O–H groups in total. The first-order valence-electron chi connectivity index (χ1n) is 8.60. The molecule has 27 heavy (non-hydrogen) atoms. The van der Waals surface area contributed by atoms with E-state index in [1.54, 1.807) is 5.38 Å². The van der Waals surface area contributed by atoms with Crippen molar-refractivity contribution in [3.8, 4) is 10.8 Å². The van der Waals surface area contributed by atoms with Crippen LogP contribution in [0.15, 0.2) is 36.0 Å². The van der Waals surface area contributed by atoms with Gasteiger partial charge in [0.25, 0.3) is 5.91 Å². The second-order valence-corrected chi connectivity index (χ2v) is 7.75. The summed E-state index contributed by atoms with van der Waals surface area (Å²) < 4.78 is 5.54. The first-order valence-corrected chi connectivity index (χ1v) is 9.85. The molecule has 0 atom stereocenters. The van der Waals surface area contributed by atoms with Crippen LogP contribution < -0.4 is 5.32 Å². The van der Waals surface area contributed by atoms with Crippen LogP contribution in [0.3, 0.4) is 0 Å². The Hall–Kier alpha value is -2.29. The molecule has 9 heteroatoms. The summed E-state index contributed by atoms with van der Waals surface area (Å²) in [4.78, 5) is 21.1.